The van der Waals surface area contributed by atoms with Gasteiger partial charge in [0.2, 0.25) is 0 Å². The minimum Gasteiger partial charge on any atom is -0.490 e. The summed E-state index contributed by atoms with van der Waals surface area (Å²) in [6.45, 7) is 4.36. The van der Waals surface area contributed by atoms with Crippen molar-refractivity contribution in [1.82, 2.24) is 0 Å². The first-order valence-electron chi connectivity index (χ1n) is 7.13. The van der Waals surface area contributed by atoms with E-state index in [0.717, 1.165) is 17.0 Å². The molecule has 0 fully saturated rings. The van der Waals surface area contributed by atoms with Gasteiger partial charge < -0.3 is 14.7 Å². The van der Waals surface area contributed by atoms with Crippen LogP contribution >= 0.6 is 0 Å². The molecule has 0 bridgehead atoms. The van der Waals surface area contributed by atoms with E-state index in [9.17, 15) is 5.11 Å². The zero-order valence-electron chi connectivity index (χ0n) is 13.1. The Morgan fingerprint density at radius 2 is 1.81 bits per heavy atom. The summed E-state index contributed by atoms with van der Waals surface area (Å²) >= 11 is 0. The van der Waals surface area contributed by atoms with Crippen molar-refractivity contribution >= 4 is 5.69 Å². The summed E-state index contributed by atoms with van der Waals surface area (Å²) in [6.07, 6.45) is -0.618. The number of aryl methyl sites for hydroxylation is 2. The van der Waals surface area contributed by atoms with E-state index >= 15 is 0 Å². The Hall–Kier alpha value is -2.00. The number of aliphatic hydroxyl groups is 1. The number of benzene rings is 2. The maximum atomic E-state index is 10.2. The van der Waals surface area contributed by atoms with Crippen LogP contribution in [0.4, 0.5) is 5.69 Å². The Morgan fingerprint density at radius 1 is 1.05 bits per heavy atom. The first-order chi connectivity index (χ1) is 9.97. The summed E-state index contributed by atoms with van der Waals surface area (Å²) in [7, 11) is 3.98. The van der Waals surface area contributed by atoms with Gasteiger partial charge in [0.05, 0.1) is 0 Å². The molecule has 0 spiro atoms. The van der Waals surface area contributed by atoms with E-state index in [1.54, 1.807) is 0 Å². The fraction of sp³-hybridized carbons (Fsp3) is 0.333. The molecule has 1 unspecified atom stereocenters. The molecule has 0 saturated carbocycles. The van der Waals surface area contributed by atoms with Crippen molar-refractivity contribution in [3.05, 3.63) is 59.2 Å². The van der Waals surface area contributed by atoms with Crippen LogP contribution in [0.3, 0.4) is 0 Å². The van der Waals surface area contributed by atoms with Crippen molar-refractivity contribution < 1.29 is 9.84 Å². The number of nitrogens with zero attached hydrogens (tertiary/aromatic N) is 1. The molecule has 3 nitrogen and oxygen atoms in total. The van der Waals surface area contributed by atoms with Crippen molar-refractivity contribution in [2.75, 3.05) is 25.6 Å². The Balaban J connectivity index is 2.02. The summed E-state index contributed by atoms with van der Waals surface area (Å²) in [5, 5.41) is 10.2. The Labute approximate surface area is 126 Å². The molecular weight excluding hydrogens is 262 g/mol. The molecule has 0 saturated heterocycles. The molecule has 0 aromatic heterocycles. The van der Waals surface area contributed by atoms with Gasteiger partial charge in [-0.3, -0.25) is 0 Å². The predicted octanol–water partition coefficient (Wildman–Crippen LogP) is 3.48. The number of hydrogen-bond donors (Lipinski definition) is 1. The molecular formula is C18H23NO2. The van der Waals surface area contributed by atoms with Gasteiger partial charge in [0.25, 0.3) is 0 Å². The molecule has 2 aromatic carbocycles. The van der Waals surface area contributed by atoms with Crippen LogP contribution in [-0.2, 0) is 0 Å². The summed E-state index contributed by atoms with van der Waals surface area (Å²) in [5.41, 5.74) is 4.38. The SMILES string of the molecule is Cc1ccc(C(O)COc2cccc(N(C)C)c2)cc1C. The smallest absolute Gasteiger partial charge is 0.121 e. The van der Waals surface area contributed by atoms with E-state index < -0.39 is 6.10 Å². The number of hydrogen-bond acceptors (Lipinski definition) is 3. The van der Waals surface area contributed by atoms with Gasteiger partial charge in [-0.15, -0.1) is 0 Å². The second-order valence-electron chi connectivity index (χ2n) is 5.56. The highest BCUT2D eigenvalue weighted by Crippen LogP contribution is 2.22. The van der Waals surface area contributed by atoms with Crippen LogP contribution in [0.25, 0.3) is 0 Å². The van der Waals surface area contributed by atoms with Gasteiger partial charge in [0, 0.05) is 25.8 Å². The number of ether oxygens (including phenoxy) is 1. The Bertz CT molecular complexity index is 608. The number of anilines is 1. The average molecular weight is 285 g/mol. The monoisotopic (exact) mass is 285 g/mol. The maximum Gasteiger partial charge on any atom is 0.121 e. The first kappa shape index (κ1) is 15.4. The highest BCUT2D eigenvalue weighted by Gasteiger charge is 2.10. The van der Waals surface area contributed by atoms with Crippen molar-refractivity contribution in [2.24, 2.45) is 0 Å². The minimum absolute atomic E-state index is 0.249. The molecule has 2 rings (SSSR count). The third kappa shape index (κ3) is 3.99. The van der Waals surface area contributed by atoms with Crippen LogP contribution in [0, 0.1) is 13.8 Å². The van der Waals surface area contributed by atoms with Gasteiger partial charge in [-0.05, 0) is 42.7 Å². The summed E-state index contributed by atoms with van der Waals surface area (Å²) in [6, 6.07) is 13.8. The maximum absolute atomic E-state index is 10.2. The lowest BCUT2D eigenvalue weighted by molar-refractivity contribution is 0.108. The highest BCUT2D eigenvalue weighted by atomic mass is 16.5. The Kier molecular flexibility index (Phi) is 4.86. The van der Waals surface area contributed by atoms with Crippen LogP contribution in [-0.4, -0.2) is 25.8 Å². The van der Waals surface area contributed by atoms with Crippen LogP contribution in [0.5, 0.6) is 5.75 Å². The van der Waals surface area contributed by atoms with Gasteiger partial charge >= 0.3 is 0 Å². The van der Waals surface area contributed by atoms with Crippen molar-refractivity contribution in [2.45, 2.75) is 20.0 Å². The normalized spacial score (nSPS) is 12.0. The van der Waals surface area contributed by atoms with Crippen LogP contribution in [0.1, 0.15) is 22.8 Å². The standard InChI is InChI=1S/C18H23NO2/c1-13-8-9-15(10-14(13)2)18(20)12-21-17-7-5-6-16(11-17)19(3)4/h5-11,18,20H,12H2,1-4H3. The van der Waals surface area contributed by atoms with Crippen molar-refractivity contribution in [1.29, 1.82) is 0 Å². The zero-order chi connectivity index (χ0) is 15.4. The largest absolute Gasteiger partial charge is 0.490 e. The fourth-order valence-corrected chi connectivity index (χ4v) is 2.09. The molecule has 21 heavy (non-hydrogen) atoms. The first-order valence-corrected chi connectivity index (χ1v) is 7.13. The van der Waals surface area contributed by atoms with E-state index in [2.05, 4.69) is 6.92 Å². The molecule has 0 aliphatic heterocycles. The lowest BCUT2D eigenvalue weighted by atomic mass is 10.0. The number of aliphatic hydroxyl groups excluding tert-OH is 1. The average Bonchev–Trinajstić information content (AvgIpc) is 2.48. The van der Waals surface area contributed by atoms with Crippen LogP contribution in [0.15, 0.2) is 42.5 Å². The highest BCUT2D eigenvalue weighted by molar-refractivity contribution is 5.49. The van der Waals surface area contributed by atoms with Crippen LogP contribution in [0.2, 0.25) is 0 Å². The van der Waals surface area contributed by atoms with Crippen molar-refractivity contribution in [3.63, 3.8) is 0 Å². The number of rotatable bonds is 5. The van der Waals surface area contributed by atoms with Crippen molar-refractivity contribution in [3.8, 4) is 5.75 Å². The topological polar surface area (TPSA) is 32.7 Å². The lowest BCUT2D eigenvalue weighted by Gasteiger charge is -2.16. The molecule has 2 aromatic rings. The Morgan fingerprint density at radius 3 is 2.48 bits per heavy atom. The van der Waals surface area contributed by atoms with Gasteiger partial charge in [-0.1, -0.05) is 24.3 Å². The van der Waals surface area contributed by atoms with E-state index in [1.807, 2.05) is 68.4 Å². The molecule has 112 valence electrons. The predicted molar refractivity (Wildman–Crippen MR) is 87.1 cm³/mol. The molecule has 0 heterocycles. The van der Waals surface area contributed by atoms with E-state index in [-0.39, 0.29) is 6.61 Å². The van der Waals surface area contributed by atoms with Crippen LogP contribution < -0.4 is 9.64 Å². The lowest BCUT2D eigenvalue weighted by Crippen LogP contribution is -2.11. The van der Waals surface area contributed by atoms with Gasteiger partial charge in [0.15, 0.2) is 0 Å². The molecule has 0 amide bonds. The summed E-state index contributed by atoms with van der Waals surface area (Å²) in [5.74, 6) is 0.768. The second-order valence-corrected chi connectivity index (χ2v) is 5.56. The molecule has 0 aliphatic carbocycles. The second kappa shape index (κ2) is 6.64. The van der Waals surface area contributed by atoms with Gasteiger partial charge in [-0.2, -0.15) is 0 Å². The molecule has 3 heteroatoms. The third-order valence-corrected chi connectivity index (χ3v) is 3.66. The zero-order valence-corrected chi connectivity index (χ0v) is 13.1. The molecule has 1 atom stereocenters. The third-order valence-electron chi connectivity index (χ3n) is 3.66. The van der Waals surface area contributed by atoms with Gasteiger partial charge in [-0.25, -0.2) is 0 Å². The van der Waals surface area contributed by atoms with E-state index in [0.29, 0.717) is 0 Å². The molecule has 1 N–H and O–H groups in total. The molecule has 0 radical (unpaired) electrons. The minimum atomic E-state index is -0.618. The summed E-state index contributed by atoms with van der Waals surface area (Å²) < 4.78 is 5.71. The van der Waals surface area contributed by atoms with Gasteiger partial charge in [0.1, 0.15) is 18.5 Å². The van der Waals surface area contributed by atoms with E-state index in [4.69, 9.17) is 4.74 Å². The van der Waals surface area contributed by atoms with E-state index in [1.165, 1.54) is 11.1 Å². The summed E-state index contributed by atoms with van der Waals surface area (Å²) in [4.78, 5) is 2.02. The fourth-order valence-electron chi connectivity index (χ4n) is 2.09. The quantitative estimate of drug-likeness (QED) is 0.913. The molecule has 0 aliphatic rings.